The van der Waals surface area contributed by atoms with Crippen molar-refractivity contribution >= 4 is 41.3 Å². The number of ether oxygens (including phenoxy) is 1. The second kappa shape index (κ2) is 11.0. The Labute approximate surface area is 195 Å². The van der Waals surface area contributed by atoms with Crippen LogP contribution >= 0.6 is 23.2 Å². The van der Waals surface area contributed by atoms with E-state index in [-0.39, 0.29) is 10.6 Å². The van der Waals surface area contributed by atoms with Crippen molar-refractivity contribution in [2.75, 3.05) is 7.11 Å². The second-order valence-corrected chi connectivity index (χ2v) is 7.81. The fraction of sp³-hybridized carbons (Fsp3) is 0.167. The van der Waals surface area contributed by atoms with Gasteiger partial charge >= 0.3 is 5.97 Å². The Bertz CT molecular complexity index is 1190. The molecule has 0 aliphatic heterocycles. The normalized spacial score (nSPS) is 11.0. The minimum Gasteiger partial charge on any atom is -0.497 e. The van der Waals surface area contributed by atoms with Gasteiger partial charge in [0.2, 0.25) is 0 Å². The van der Waals surface area contributed by atoms with Crippen LogP contribution in [0.1, 0.15) is 33.6 Å². The monoisotopic (exact) mass is 472 g/mol. The van der Waals surface area contributed by atoms with Crippen molar-refractivity contribution in [1.82, 2.24) is 4.57 Å². The van der Waals surface area contributed by atoms with Crippen LogP contribution in [0.15, 0.2) is 59.4 Å². The highest BCUT2D eigenvalue weighted by molar-refractivity contribution is 6.35. The van der Waals surface area contributed by atoms with Crippen LogP contribution < -0.4 is 16.2 Å². The van der Waals surface area contributed by atoms with E-state index < -0.39 is 5.97 Å². The van der Waals surface area contributed by atoms with E-state index in [9.17, 15) is 9.59 Å². The average molecular weight is 473 g/mol. The van der Waals surface area contributed by atoms with Crippen LogP contribution in [0.5, 0.6) is 5.75 Å². The molecule has 1 aromatic heterocycles. The lowest BCUT2D eigenvalue weighted by Gasteiger charge is -2.13. The van der Waals surface area contributed by atoms with Gasteiger partial charge in [-0.15, -0.1) is 0 Å². The van der Waals surface area contributed by atoms with Gasteiger partial charge in [0, 0.05) is 6.54 Å². The van der Waals surface area contributed by atoms with Gasteiger partial charge in [0.05, 0.1) is 23.4 Å². The molecular weight excluding hydrogens is 451 g/mol. The van der Waals surface area contributed by atoms with Crippen molar-refractivity contribution in [3.8, 4) is 5.75 Å². The van der Waals surface area contributed by atoms with E-state index in [2.05, 4.69) is 4.84 Å². The van der Waals surface area contributed by atoms with Crippen molar-refractivity contribution in [1.29, 1.82) is 0 Å². The van der Waals surface area contributed by atoms with Gasteiger partial charge < -0.3 is 14.1 Å². The average Bonchev–Trinajstić information content (AvgIpc) is 2.81. The molecule has 6 nitrogen and oxygen atoms in total. The van der Waals surface area contributed by atoms with E-state index in [1.807, 2.05) is 42.5 Å². The number of methoxy groups -OCH3 is 1. The molecule has 166 valence electrons. The molecule has 0 aliphatic rings. The van der Waals surface area contributed by atoms with Gasteiger partial charge in [-0.25, -0.2) is 4.79 Å². The highest BCUT2D eigenvalue weighted by atomic mass is 35.5. The van der Waals surface area contributed by atoms with Crippen LogP contribution in [0.3, 0.4) is 0 Å². The van der Waals surface area contributed by atoms with Gasteiger partial charge in [-0.05, 0) is 60.4 Å². The number of hydrogen-bond acceptors (Lipinski definition) is 5. The van der Waals surface area contributed by atoms with Crippen LogP contribution in [0, 0.1) is 0 Å². The highest BCUT2D eigenvalue weighted by Crippen LogP contribution is 2.22. The summed E-state index contributed by atoms with van der Waals surface area (Å²) in [5, 5.41) is 0.455. The number of carbonyl (C=O) groups excluding carboxylic acids is 1. The summed E-state index contributed by atoms with van der Waals surface area (Å²) in [6.07, 6.45) is 5.01. The largest absolute Gasteiger partial charge is 0.497 e. The molecule has 1 heterocycles. The standard InChI is InChI=1S/C24H22Cl2N2O4/c1-31-19-6-2-4-17(14-19)9-12-22-20(25)15-21(26)23(29)28(22)13-3-5-16-7-10-18(11-8-16)24(30)32-27/h2,4,6-12,14-15H,3,5,13,27H2,1H3/b12-9+. The summed E-state index contributed by atoms with van der Waals surface area (Å²) < 4.78 is 6.82. The van der Waals surface area contributed by atoms with E-state index >= 15 is 0 Å². The molecule has 0 unspecified atom stereocenters. The maximum Gasteiger partial charge on any atom is 0.356 e. The molecule has 32 heavy (non-hydrogen) atoms. The first-order chi connectivity index (χ1) is 15.4. The molecule has 0 saturated heterocycles. The number of pyridine rings is 1. The summed E-state index contributed by atoms with van der Waals surface area (Å²) in [7, 11) is 1.61. The molecule has 2 N–H and O–H groups in total. The third kappa shape index (κ3) is 5.79. The Morgan fingerprint density at radius 3 is 2.50 bits per heavy atom. The van der Waals surface area contributed by atoms with Gasteiger partial charge in [0.1, 0.15) is 10.8 Å². The van der Waals surface area contributed by atoms with E-state index in [1.165, 1.54) is 6.07 Å². The van der Waals surface area contributed by atoms with Gasteiger partial charge in [-0.2, -0.15) is 5.90 Å². The first-order valence-corrected chi connectivity index (χ1v) is 10.6. The highest BCUT2D eigenvalue weighted by Gasteiger charge is 2.11. The van der Waals surface area contributed by atoms with Crippen LogP contribution in [0.2, 0.25) is 10.0 Å². The molecule has 0 aliphatic carbocycles. The number of aromatic nitrogens is 1. The van der Waals surface area contributed by atoms with Gasteiger partial charge in [-0.1, -0.05) is 53.5 Å². The number of hydrogen-bond donors (Lipinski definition) is 1. The lowest BCUT2D eigenvalue weighted by Crippen LogP contribution is -2.23. The number of nitrogens with zero attached hydrogens (tertiary/aromatic N) is 1. The first kappa shape index (κ1) is 23.6. The second-order valence-electron chi connectivity index (χ2n) is 7.00. The van der Waals surface area contributed by atoms with Crippen molar-refractivity contribution in [3.05, 3.63) is 97.4 Å². The fourth-order valence-corrected chi connectivity index (χ4v) is 3.78. The predicted molar refractivity (Wildman–Crippen MR) is 127 cm³/mol. The van der Waals surface area contributed by atoms with Crippen LogP contribution in [-0.4, -0.2) is 17.6 Å². The lowest BCUT2D eigenvalue weighted by molar-refractivity contribution is 0.0503. The fourth-order valence-electron chi connectivity index (χ4n) is 3.24. The SMILES string of the molecule is COc1cccc(/C=C/c2c(Cl)cc(Cl)c(=O)n2CCCc2ccc(C(=O)ON)cc2)c1. The summed E-state index contributed by atoms with van der Waals surface area (Å²) in [5.41, 5.74) is 2.56. The van der Waals surface area contributed by atoms with Gasteiger partial charge in [0.15, 0.2) is 0 Å². The maximum atomic E-state index is 12.7. The number of rotatable bonds is 8. The Hall–Kier alpha value is -3.06. The Morgan fingerprint density at radius 1 is 1.06 bits per heavy atom. The first-order valence-electron chi connectivity index (χ1n) is 9.84. The van der Waals surface area contributed by atoms with Crippen molar-refractivity contribution in [2.45, 2.75) is 19.4 Å². The number of halogens is 2. The molecule has 0 amide bonds. The molecule has 8 heteroatoms. The molecule has 3 rings (SSSR count). The third-order valence-electron chi connectivity index (χ3n) is 4.91. The van der Waals surface area contributed by atoms with Gasteiger partial charge in [-0.3, -0.25) is 4.79 Å². The van der Waals surface area contributed by atoms with Crippen molar-refractivity contribution in [3.63, 3.8) is 0 Å². The Balaban J connectivity index is 1.79. The summed E-state index contributed by atoms with van der Waals surface area (Å²) in [6.45, 7) is 0.420. The molecule has 0 fully saturated rings. The van der Waals surface area contributed by atoms with Crippen LogP contribution in [0.4, 0.5) is 0 Å². The quantitative estimate of drug-likeness (QED) is 0.466. The molecule has 0 atom stereocenters. The number of aryl methyl sites for hydroxylation is 1. The third-order valence-corrected chi connectivity index (χ3v) is 5.48. The molecular formula is C24H22Cl2N2O4. The van der Waals surface area contributed by atoms with Crippen LogP contribution in [-0.2, 0) is 17.8 Å². The number of nitrogens with two attached hydrogens (primary N) is 1. The van der Waals surface area contributed by atoms with Crippen molar-refractivity contribution < 1.29 is 14.4 Å². The zero-order valence-corrected chi connectivity index (χ0v) is 18.9. The molecule has 3 aromatic rings. The van der Waals surface area contributed by atoms with E-state index in [0.717, 1.165) is 16.9 Å². The van der Waals surface area contributed by atoms with Crippen LogP contribution in [0.25, 0.3) is 12.2 Å². The van der Waals surface area contributed by atoms with E-state index in [1.54, 1.807) is 29.9 Å². The van der Waals surface area contributed by atoms with Gasteiger partial charge in [0.25, 0.3) is 5.56 Å². The summed E-state index contributed by atoms with van der Waals surface area (Å²) in [6, 6.07) is 15.9. The Kier molecular flexibility index (Phi) is 8.11. The minimum atomic E-state index is -0.593. The number of benzene rings is 2. The molecule has 0 radical (unpaired) electrons. The number of carbonyl (C=O) groups is 1. The Morgan fingerprint density at radius 2 is 1.81 bits per heavy atom. The summed E-state index contributed by atoms with van der Waals surface area (Å²) in [5.74, 6) is 5.04. The molecule has 2 aromatic carbocycles. The molecule has 0 bridgehead atoms. The zero-order valence-electron chi connectivity index (χ0n) is 17.4. The molecule has 0 spiro atoms. The summed E-state index contributed by atoms with van der Waals surface area (Å²) in [4.78, 5) is 28.4. The predicted octanol–water partition coefficient (Wildman–Crippen LogP) is 5.00. The zero-order chi connectivity index (χ0) is 23.1. The topological polar surface area (TPSA) is 83.5 Å². The maximum absolute atomic E-state index is 12.7. The lowest BCUT2D eigenvalue weighted by atomic mass is 10.1. The van der Waals surface area contributed by atoms with E-state index in [0.29, 0.717) is 35.7 Å². The summed E-state index contributed by atoms with van der Waals surface area (Å²) >= 11 is 12.5. The molecule has 0 saturated carbocycles. The van der Waals surface area contributed by atoms with E-state index in [4.69, 9.17) is 33.8 Å². The minimum absolute atomic E-state index is 0.0678. The van der Waals surface area contributed by atoms with Crippen molar-refractivity contribution in [2.24, 2.45) is 5.90 Å². The smallest absolute Gasteiger partial charge is 0.356 e.